The zero-order valence-electron chi connectivity index (χ0n) is 10.4. The van der Waals surface area contributed by atoms with Crippen molar-refractivity contribution in [3.63, 3.8) is 0 Å². The van der Waals surface area contributed by atoms with Crippen LogP contribution in [0.4, 0.5) is 8.78 Å². The van der Waals surface area contributed by atoms with Crippen molar-refractivity contribution in [1.29, 1.82) is 0 Å². The van der Waals surface area contributed by atoms with Gasteiger partial charge in [-0.3, -0.25) is 0 Å². The summed E-state index contributed by atoms with van der Waals surface area (Å²) in [5, 5.41) is 10.3. The smallest absolute Gasteiger partial charge is 0.129 e. The third-order valence-electron chi connectivity index (χ3n) is 3.22. The van der Waals surface area contributed by atoms with Gasteiger partial charge in [0.05, 0.1) is 0 Å². The molecule has 1 unspecified atom stereocenters. The van der Waals surface area contributed by atoms with E-state index in [4.69, 9.17) is 0 Å². The van der Waals surface area contributed by atoms with Gasteiger partial charge in [-0.2, -0.15) is 0 Å². The monoisotopic (exact) mass is 250 g/mol. The van der Waals surface area contributed by atoms with Crippen LogP contribution in [-0.2, 0) is 12.8 Å². The van der Waals surface area contributed by atoms with Gasteiger partial charge in [0.2, 0.25) is 0 Å². The standard InChI is InChI=1S/C15H16F2O/c1-2-3-4-6-15(18)7-5-13-11(10-15)8-12(16)9-14(13)17/h8-9,18H,2-3,5,7,10H2,1H3. The lowest BCUT2D eigenvalue weighted by Gasteiger charge is -2.29. The van der Waals surface area contributed by atoms with Gasteiger partial charge in [-0.25, -0.2) is 8.78 Å². The summed E-state index contributed by atoms with van der Waals surface area (Å²) < 4.78 is 26.7. The second-order valence-corrected chi connectivity index (χ2v) is 4.79. The van der Waals surface area contributed by atoms with Gasteiger partial charge < -0.3 is 5.11 Å². The average Bonchev–Trinajstić information content (AvgIpc) is 2.28. The number of rotatable bonds is 1. The highest BCUT2D eigenvalue weighted by molar-refractivity contribution is 5.36. The Morgan fingerprint density at radius 3 is 2.89 bits per heavy atom. The number of unbranched alkanes of at least 4 members (excludes halogenated alkanes) is 1. The zero-order valence-corrected chi connectivity index (χ0v) is 10.4. The fourth-order valence-electron chi connectivity index (χ4n) is 2.29. The van der Waals surface area contributed by atoms with Crippen molar-refractivity contribution in [2.45, 2.75) is 44.6 Å². The van der Waals surface area contributed by atoms with Crippen LogP contribution in [0.2, 0.25) is 0 Å². The number of fused-ring (bicyclic) bond motifs is 1. The van der Waals surface area contributed by atoms with Crippen LogP contribution < -0.4 is 0 Å². The lowest BCUT2D eigenvalue weighted by Crippen LogP contribution is -2.34. The highest BCUT2D eigenvalue weighted by Gasteiger charge is 2.32. The molecular formula is C15H16F2O. The maximum atomic E-state index is 13.5. The Morgan fingerprint density at radius 1 is 1.39 bits per heavy atom. The summed E-state index contributed by atoms with van der Waals surface area (Å²) >= 11 is 0. The van der Waals surface area contributed by atoms with Crippen LogP contribution >= 0.6 is 0 Å². The number of aliphatic hydroxyl groups is 1. The molecule has 0 amide bonds. The highest BCUT2D eigenvalue weighted by Crippen LogP contribution is 2.30. The molecule has 0 aromatic heterocycles. The molecule has 0 saturated carbocycles. The van der Waals surface area contributed by atoms with Crippen LogP contribution in [0.15, 0.2) is 12.1 Å². The fraction of sp³-hybridized carbons (Fsp3) is 0.467. The molecule has 18 heavy (non-hydrogen) atoms. The molecule has 1 aliphatic rings. The molecule has 0 fully saturated rings. The Bertz CT molecular complexity index is 513. The molecule has 0 saturated heterocycles. The Hall–Kier alpha value is -1.40. The summed E-state index contributed by atoms with van der Waals surface area (Å²) in [7, 11) is 0. The predicted molar refractivity (Wildman–Crippen MR) is 66.0 cm³/mol. The lowest BCUT2D eigenvalue weighted by atomic mass is 9.80. The van der Waals surface area contributed by atoms with E-state index in [2.05, 4.69) is 11.8 Å². The van der Waals surface area contributed by atoms with Crippen LogP contribution in [0.1, 0.15) is 37.3 Å². The van der Waals surface area contributed by atoms with E-state index in [-0.39, 0.29) is 6.42 Å². The van der Waals surface area contributed by atoms with Crippen molar-refractivity contribution in [2.75, 3.05) is 0 Å². The molecular weight excluding hydrogens is 234 g/mol. The van der Waals surface area contributed by atoms with Gasteiger partial charge in [-0.05, 0) is 36.5 Å². The summed E-state index contributed by atoms with van der Waals surface area (Å²) in [6, 6.07) is 2.19. The van der Waals surface area contributed by atoms with Crippen LogP contribution in [0.3, 0.4) is 0 Å². The summed E-state index contributed by atoms with van der Waals surface area (Å²) in [6.07, 6.45) is 2.67. The molecule has 0 heterocycles. The van der Waals surface area contributed by atoms with Gasteiger partial charge in [0, 0.05) is 18.9 Å². The topological polar surface area (TPSA) is 20.2 Å². The molecule has 1 aliphatic carbocycles. The quantitative estimate of drug-likeness (QED) is 0.760. The van der Waals surface area contributed by atoms with Crippen LogP contribution in [0.25, 0.3) is 0 Å². The predicted octanol–water partition coefficient (Wildman–Crippen LogP) is 2.99. The van der Waals surface area contributed by atoms with E-state index in [1.165, 1.54) is 6.07 Å². The first kappa shape index (κ1) is 13.0. The molecule has 1 atom stereocenters. The first-order valence-corrected chi connectivity index (χ1v) is 6.23. The summed E-state index contributed by atoms with van der Waals surface area (Å²) in [5.41, 5.74) is -0.0898. The highest BCUT2D eigenvalue weighted by atomic mass is 19.1. The van der Waals surface area contributed by atoms with Gasteiger partial charge in [-0.15, -0.1) is 5.92 Å². The maximum Gasteiger partial charge on any atom is 0.129 e. The van der Waals surface area contributed by atoms with Gasteiger partial charge in [0.25, 0.3) is 0 Å². The molecule has 96 valence electrons. The first-order chi connectivity index (χ1) is 8.54. The van der Waals surface area contributed by atoms with Gasteiger partial charge >= 0.3 is 0 Å². The van der Waals surface area contributed by atoms with Gasteiger partial charge in [-0.1, -0.05) is 12.8 Å². The first-order valence-electron chi connectivity index (χ1n) is 6.23. The second-order valence-electron chi connectivity index (χ2n) is 4.79. The maximum absolute atomic E-state index is 13.5. The minimum Gasteiger partial charge on any atom is -0.377 e. The number of hydrogen-bond donors (Lipinski definition) is 1. The normalized spacial score (nSPS) is 22.0. The van der Waals surface area contributed by atoms with Crippen molar-refractivity contribution in [3.8, 4) is 11.8 Å². The Labute approximate surface area is 106 Å². The molecule has 3 heteroatoms. The molecule has 2 rings (SSSR count). The van der Waals surface area contributed by atoms with Crippen LogP contribution in [0.5, 0.6) is 0 Å². The van der Waals surface area contributed by atoms with Crippen LogP contribution in [0, 0.1) is 23.5 Å². The molecule has 0 radical (unpaired) electrons. The van der Waals surface area contributed by atoms with Gasteiger partial charge in [0.15, 0.2) is 0 Å². The molecule has 1 aromatic carbocycles. The molecule has 1 N–H and O–H groups in total. The number of benzene rings is 1. The SMILES string of the molecule is CCCC#CC1(O)CCc2c(F)cc(F)cc2C1. The van der Waals surface area contributed by atoms with E-state index in [1.54, 1.807) is 0 Å². The number of halogens is 2. The van der Waals surface area contributed by atoms with E-state index >= 15 is 0 Å². The van der Waals surface area contributed by atoms with Crippen molar-refractivity contribution in [3.05, 3.63) is 34.9 Å². The van der Waals surface area contributed by atoms with Crippen molar-refractivity contribution < 1.29 is 13.9 Å². The molecule has 0 spiro atoms. The molecule has 1 nitrogen and oxygen atoms in total. The van der Waals surface area contributed by atoms with Crippen molar-refractivity contribution >= 4 is 0 Å². The van der Waals surface area contributed by atoms with Crippen molar-refractivity contribution in [1.82, 2.24) is 0 Å². The lowest BCUT2D eigenvalue weighted by molar-refractivity contribution is 0.0854. The van der Waals surface area contributed by atoms with Gasteiger partial charge in [0.1, 0.15) is 17.2 Å². The third kappa shape index (κ3) is 2.70. The van der Waals surface area contributed by atoms with E-state index in [9.17, 15) is 13.9 Å². The van der Waals surface area contributed by atoms with E-state index in [0.29, 0.717) is 24.0 Å². The second kappa shape index (κ2) is 5.07. The summed E-state index contributed by atoms with van der Waals surface area (Å²) in [6.45, 7) is 2.01. The van der Waals surface area contributed by atoms with Crippen LogP contribution in [-0.4, -0.2) is 10.7 Å². The Balaban J connectivity index is 2.27. The Kier molecular flexibility index (Phi) is 3.68. The van der Waals surface area contributed by atoms with E-state index < -0.39 is 17.2 Å². The Morgan fingerprint density at radius 2 is 2.17 bits per heavy atom. The molecule has 1 aromatic rings. The third-order valence-corrected chi connectivity index (χ3v) is 3.22. The summed E-state index contributed by atoms with van der Waals surface area (Å²) in [4.78, 5) is 0. The molecule has 0 bridgehead atoms. The average molecular weight is 250 g/mol. The van der Waals surface area contributed by atoms with E-state index in [1.807, 2.05) is 6.92 Å². The largest absolute Gasteiger partial charge is 0.377 e. The number of hydrogen-bond acceptors (Lipinski definition) is 1. The minimum absolute atomic E-state index is 0.202. The molecule has 0 aliphatic heterocycles. The fourth-order valence-corrected chi connectivity index (χ4v) is 2.29. The minimum atomic E-state index is -1.14. The zero-order chi connectivity index (χ0) is 13.2. The van der Waals surface area contributed by atoms with Crippen molar-refractivity contribution in [2.24, 2.45) is 0 Å². The van der Waals surface area contributed by atoms with E-state index in [0.717, 1.165) is 18.9 Å². The summed E-state index contributed by atoms with van der Waals surface area (Å²) in [5.74, 6) is 4.64.